The van der Waals surface area contributed by atoms with Gasteiger partial charge in [0.15, 0.2) is 0 Å². The van der Waals surface area contributed by atoms with Crippen LogP contribution in [0.3, 0.4) is 0 Å². The van der Waals surface area contributed by atoms with Gasteiger partial charge in [-0.1, -0.05) is 0 Å². The van der Waals surface area contributed by atoms with Crippen LogP contribution in [0.1, 0.15) is 25.7 Å². The summed E-state index contributed by atoms with van der Waals surface area (Å²) in [5, 5.41) is 3.06. The quantitative estimate of drug-likeness (QED) is 0.859. The first-order valence-electron chi connectivity index (χ1n) is 6.81. The van der Waals surface area contributed by atoms with Crippen molar-refractivity contribution in [3.63, 3.8) is 0 Å². The first-order chi connectivity index (χ1) is 9.24. The second-order valence-corrected chi connectivity index (χ2v) is 5.32. The van der Waals surface area contributed by atoms with E-state index in [0.29, 0.717) is 19.1 Å². The van der Waals surface area contributed by atoms with Crippen LogP contribution in [-0.2, 0) is 4.79 Å². The molecule has 0 radical (unpaired) electrons. The minimum Gasteiger partial charge on any atom is -0.353 e. The normalized spacial score (nSPS) is 23.2. The van der Waals surface area contributed by atoms with E-state index >= 15 is 0 Å². The molecule has 19 heavy (non-hydrogen) atoms. The lowest BCUT2D eigenvalue weighted by Gasteiger charge is -2.27. The molecule has 6 nitrogen and oxygen atoms in total. The molecule has 1 saturated heterocycles. The number of aromatic nitrogens is 2. The summed E-state index contributed by atoms with van der Waals surface area (Å²) in [7, 11) is 0. The van der Waals surface area contributed by atoms with E-state index in [1.807, 2.05) is 0 Å². The van der Waals surface area contributed by atoms with Crippen LogP contribution < -0.4 is 5.32 Å². The van der Waals surface area contributed by atoms with Crippen molar-refractivity contribution in [3.05, 3.63) is 18.7 Å². The van der Waals surface area contributed by atoms with Crippen LogP contribution in [0.2, 0.25) is 0 Å². The first kappa shape index (κ1) is 12.2. The lowest BCUT2D eigenvalue weighted by atomic mass is 9.92. The lowest BCUT2D eigenvalue weighted by molar-refractivity contribution is -0.125. The highest BCUT2D eigenvalue weighted by atomic mass is 16.2. The molecule has 2 heterocycles. The van der Waals surface area contributed by atoms with Crippen molar-refractivity contribution < 1.29 is 9.59 Å². The second-order valence-electron chi connectivity index (χ2n) is 5.32. The summed E-state index contributed by atoms with van der Waals surface area (Å²) >= 11 is 0. The first-order valence-corrected chi connectivity index (χ1v) is 6.81. The van der Waals surface area contributed by atoms with Gasteiger partial charge in [0.05, 0.1) is 5.92 Å². The topological polar surface area (TPSA) is 67.2 Å². The Morgan fingerprint density at radius 2 is 2.11 bits per heavy atom. The van der Waals surface area contributed by atoms with E-state index in [1.165, 1.54) is 17.3 Å². The van der Waals surface area contributed by atoms with Crippen molar-refractivity contribution in [2.45, 2.75) is 31.7 Å². The molecule has 1 N–H and O–H groups in total. The number of imidazole rings is 1. The van der Waals surface area contributed by atoms with Gasteiger partial charge in [0.25, 0.3) is 0 Å². The van der Waals surface area contributed by atoms with E-state index in [-0.39, 0.29) is 17.9 Å². The molecule has 1 aromatic heterocycles. The van der Waals surface area contributed by atoms with Crippen molar-refractivity contribution in [1.29, 1.82) is 0 Å². The summed E-state index contributed by atoms with van der Waals surface area (Å²) in [4.78, 5) is 29.7. The standard InChI is InChI=1S/C13H18N4O2/c18-12(15-11-2-1-3-11)10-4-6-16(8-10)13(19)17-7-5-14-9-17/h5,7,9-11H,1-4,6,8H2,(H,15,18)/t10-/m1/s1. The van der Waals surface area contributed by atoms with Crippen molar-refractivity contribution in [2.24, 2.45) is 5.92 Å². The Hall–Kier alpha value is -1.85. The van der Waals surface area contributed by atoms with Gasteiger partial charge in [-0.05, 0) is 25.7 Å². The molecule has 1 aromatic rings. The van der Waals surface area contributed by atoms with Crippen LogP contribution in [0, 0.1) is 5.92 Å². The fraction of sp³-hybridized carbons (Fsp3) is 0.615. The maximum atomic E-state index is 12.1. The van der Waals surface area contributed by atoms with E-state index in [1.54, 1.807) is 17.3 Å². The number of hydrogen-bond acceptors (Lipinski definition) is 3. The molecule has 1 atom stereocenters. The molecular weight excluding hydrogens is 244 g/mol. The Morgan fingerprint density at radius 3 is 2.74 bits per heavy atom. The SMILES string of the molecule is O=C(NC1CCC1)[C@@H]1CCN(C(=O)n2ccnc2)C1. The zero-order chi connectivity index (χ0) is 13.2. The summed E-state index contributed by atoms with van der Waals surface area (Å²) in [6.07, 6.45) is 8.84. The average Bonchev–Trinajstić information content (AvgIpc) is 3.02. The van der Waals surface area contributed by atoms with Gasteiger partial charge in [-0.25, -0.2) is 9.78 Å². The van der Waals surface area contributed by atoms with Gasteiger partial charge in [0.1, 0.15) is 6.33 Å². The predicted octanol–water partition coefficient (Wildman–Crippen LogP) is 0.842. The molecule has 0 unspecified atom stereocenters. The van der Waals surface area contributed by atoms with E-state index < -0.39 is 0 Å². The Balaban J connectivity index is 1.54. The van der Waals surface area contributed by atoms with Crippen LogP contribution in [0.15, 0.2) is 18.7 Å². The van der Waals surface area contributed by atoms with E-state index in [2.05, 4.69) is 10.3 Å². The highest BCUT2D eigenvalue weighted by Gasteiger charge is 2.33. The van der Waals surface area contributed by atoms with Gasteiger partial charge in [-0.3, -0.25) is 9.36 Å². The summed E-state index contributed by atoms with van der Waals surface area (Å²) in [6.45, 7) is 1.15. The lowest BCUT2D eigenvalue weighted by Crippen LogP contribution is -2.43. The Morgan fingerprint density at radius 1 is 1.26 bits per heavy atom. The molecule has 2 amide bonds. The molecule has 0 bridgehead atoms. The summed E-state index contributed by atoms with van der Waals surface area (Å²) in [6, 6.07) is 0.266. The predicted molar refractivity (Wildman–Crippen MR) is 68.5 cm³/mol. The highest BCUT2D eigenvalue weighted by Crippen LogP contribution is 2.21. The Labute approximate surface area is 111 Å². The number of likely N-dealkylation sites (tertiary alicyclic amines) is 1. The molecule has 1 aliphatic heterocycles. The maximum Gasteiger partial charge on any atom is 0.329 e. The van der Waals surface area contributed by atoms with Crippen molar-refractivity contribution in [1.82, 2.24) is 19.8 Å². The van der Waals surface area contributed by atoms with Gasteiger partial charge < -0.3 is 10.2 Å². The zero-order valence-corrected chi connectivity index (χ0v) is 10.8. The summed E-state index contributed by atoms with van der Waals surface area (Å²) < 4.78 is 1.45. The van der Waals surface area contributed by atoms with Crippen LogP contribution in [0.5, 0.6) is 0 Å². The van der Waals surface area contributed by atoms with E-state index in [0.717, 1.165) is 19.3 Å². The number of hydrogen-bond donors (Lipinski definition) is 1. The van der Waals surface area contributed by atoms with Gasteiger partial charge >= 0.3 is 6.03 Å². The van der Waals surface area contributed by atoms with E-state index in [4.69, 9.17) is 0 Å². The average molecular weight is 262 g/mol. The summed E-state index contributed by atoms with van der Waals surface area (Å²) in [5.41, 5.74) is 0. The number of nitrogens with one attached hydrogen (secondary N) is 1. The largest absolute Gasteiger partial charge is 0.353 e. The van der Waals surface area contributed by atoms with Gasteiger partial charge in [0.2, 0.25) is 5.91 Å². The van der Waals surface area contributed by atoms with Crippen LogP contribution in [0.4, 0.5) is 4.79 Å². The van der Waals surface area contributed by atoms with Crippen molar-refractivity contribution >= 4 is 11.9 Å². The number of rotatable bonds is 2. The minimum absolute atomic E-state index is 0.0620. The fourth-order valence-corrected chi connectivity index (χ4v) is 2.56. The van der Waals surface area contributed by atoms with E-state index in [9.17, 15) is 9.59 Å². The monoisotopic (exact) mass is 262 g/mol. The zero-order valence-electron chi connectivity index (χ0n) is 10.8. The highest BCUT2D eigenvalue weighted by molar-refractivity contribution is 5.82. The summed E-state index contributed by atoms with van der Waals surface area (Å²) in [5.74, 6) is 0.0405. The maximum absolute atomic E-state index is 12.1. The third-order valence-electron chi connectivity index (χ3n) is 4.01. The van der Waals surface area contributed by atoms with Crippen LogP contribution in [-0.4, -0.2) is 45.5 Å². The Kier molecular flexibility index (Phi) is 3.23. The molecule has 1 aliphatic carbocycles. The van der Waals surface area contributed by atoms with Gasteiger partial charge in [-0.2, -0.15) is 0 Å². The molecule has 102 valence electrons. The van der Waals surface area contributed by atoms with Crippen molar-refractivity contribution in [2.75, 3.05) is 13.1 Å². The second kappa shape index (κ2) is 5.03. The fourth-order valence-electron chi connectivity index (χ4n) is 2.56. The number of carbonyl (C=O) groups excluding carboxylic acids is 2. The molecule has 0 spiro atoms. The minimum atomic E-state index is -0.101. The Bertz CT molecular complexity index is 467. The van der Waals surface area contributed by atoms with Gasteiger partial charge in [-0.15, -0.1) is 0 Å². The van der Waals surface area contributed by atoms with Crippen LogP contribution in [0.25, 0.3) is 0 Å². The number of carbonyl (C=O) groups is 2. The number of nitrogens with zero attached hydrogens (tertiary/aromatic N) is 3. The molecule has 1 saturated carbocycles. The van der Waals surface area contributed by atoms with Gasteiger partial charge in [0, 0.05) is 31.5 Å². The number of amides is 2. The third kappa shape index (κ3) is 2.47. The van der Waals surface area contributed by atoms with Crippen LogP contribution >= 0.6 is 0 Å². The van der Waals surface area contributed by atoms with Crippen molar-refractivity contribution in [3.8, 4) is 0 Å². The smallest absolute Gasteiger partial charge is 0.329 e. The third-order valence-corrected chi connectivity index (χ3v) is 4.01. The molecule has 2 fully saturated rings. The molecule has 2 aliphatic rings. The molecule has 0 aromatic carbocycles. The molecule has 3 rings (SSSR count). The molecular formula is C13H18N4O2. The molecule has 6 heteroatoms.